The third kappa shape index (κ3) is 11.1. The van der Waals surface area contributed by atoms with E-state index in [0.29, 0.717) is 22.3 Å². The van der Waals surface area contributed by atoms with Crippen LogP contribution in [0.25, 0.3) is 0 Å². The van der Waals surface area contributed by atoms with Gasteiger partial charge in [-0.25, -0.2) is 0 Å². The van der Waals surface area contributed by atoms with Crippen LogP contribution in [0.15, 0.2) is 12.1 Å². The van der Waals surface area contributed by atoms with Crippen molar-refractivity contribution in [1.29, 1.82) is 0 Å². The first-order valence-corrected chi connectivity index (χ1v) is 29.0. The van der Waals surface area contributed by atoms with Crippen LogP contribution in [-0.2, 0) is 0 Å². The van der Waals surface area contributed by atoms with Crippen molar-refractivity contribution < 1.29 is 19.2 Å². The van der Waals surface area contributed by atoms with Crippen LogP contribution in [0.1, 0.15) is 298 Å². The molecule has 4 amide bonds. The molecular weight excluding hydrogens is 817 g/mol. The molecule has 8 heteroatoms. The molecule has 8 saturated carbocycles. The molecule has 0 spiro atoms. The lowest BCUT2D eigenvalue weighted by molar-refractivity contribution is 0.0394. The fraction of sp³-hybridized carbons (Fsp3) is 0.828. The predicted octanol–water partition coefficient (Wildman–Crippen LogP) is 14.1. The normalized spacial score (nSPS) is 24.7. The van der Waals surface area contributed by atoms with Gasteiger partial charge in [0.15, 0.2) is 0 Å². The molecule has 1 aromatic rings. The van der Waals surface area contributed by atoms with E-state index in [-0.39, 0.29) is 72.0 Å². The van der Waals surface area contributed by atoms with Crippen molar-refractivity contribution in [3.8, 4) is 0 Å². The molecule has 8 aliphatic rings. The van der Waals surface area contributed by atoms with Gasteiger partial charge in [0.05, 0.1) is 22.3 Å². The zero-order valence-electron chi connectivity index (χ0n) is 41.5. The van der Waals surface area contributed by atoms with Crippen molar-refractivity contribution in [1.82, 2.24) is 19.6 Å². The molecule has 1 aromatic carbocycles. The fourth-order valence-corrected chi connectivity index (χ4v) is 15.3. The quantitative estimate of drug-likeness (QED) is 0.209. The third-order valence-corrected chi connectivity index (χ3v) is 18.8. The Bertz CT molecular complexity index is 1430. The molecule has 0 heterocycles. The molecule has 9 rings (SSSR count). The van der Waals surface area contributed by atoms with Gasteiger partial charge < -0.3 is 19.6 Å². The molecule has 0 aliphatic heterocycles. The van der Waals surface area contributed by atoms with Gasteiger partial charge in [0.2, 0.25) is 0 Å². The van der Waals surface area contributed by atoms with Crippen molar-refractivity contribution in [2.45, 2.75) is 305 Å². The van der Waals surface area contributed by atoms with E-state index in [0.717, 1.165) is 205 Å². The van der Waals surface area contributed by atoms with Gasteiger partial charge in [-0.05, 0) is 115 Å². The van der Waals surface area contributed by atoms with E-state index in [2.05, 4.69) is 19.6 Å². The Labute approximate surface area is 400 Å². The molecule has 0 saturated heterocycles. The Kier molecular flexibility index (Phi) is 17.2. The van der Waals surface area contributed by atoms with Gasteiger partial charge >= 0.3 is 0 Å². The van der Waals surface area contributed by atoms with Crippen LogP contribution in [0.4, 0.5) is 0 Å². The second-order valence-electron chi connectivity index (χ2n) is 23.1. The maximum absolute atomic E-state index is 16.2. The van der Waals surface area contributed by atoms with E-state index in [9.17, 15) is 0 Å². The van der Waals surface area contributed by atoms with E-state index in [4.69, 9.17) is 0 Å². The highest BCUT2D eigenvalue weighted by Gasteiger charge is 2.43. The van der Waals surface area contributed by atoms with Gasteiger partial charge in [0.1, 0.15) is 0 Å². The Hall–Kier alpha value is -2.90. The number of hydrogen-bond acceptors (Lipinski definition) is 4. The molecule has 366 valence electrons. The Balaban J connectivity index is 1.25. The lowest BCUT2D eigenvalue weighted by atomic mass is 9.84. The molecule has 66 heavy (non-hydrogen) atoms. The minimum Gasteiger partial charge on any atom is -0.333 e. The van der Waals surface area contributed by atoms with E-state index in [1.807, 2.05) is 12.1 Å². The summed E-state index contributed by atoms with van der Waals surface area (Å²) in [4.78, 5) is 74.0. The predicted molar refractivity (Wildman–Crippen MR) is 266 cm³/mol. The molecular formula is C58H90N4O4. The highest BCUT2D eigenvalue weighted by Crippen LogP contribution is 2.40. The van der Waals surface area contributed by atoms with Crippen LogP contribution in [0.5, 0.6) is 0 Å². The smallest absolute Gasteiger partial charge is 0.255 e. The molecule has 0 atom stereocenters. The number of carbonyl (C=O) groups is 4. The molecule has 0 radical (unpaired) electrons. The van der Waals surface area contributed by atoms with E-state index in [1.165, 1.54) is 51.4 Å². The van der Waals surface area contributed by atoms with Crippen LogP contribution in [0.3, 0.4) is 0 Å². The van der Waals surface area contributed by atoms with E-state index < -0.39 is 0 Å². The second kappa shape index (κ2) is 23.6. The second-order valence-corrected chi connectivity index (χ2v) is 23.1. The van der Waals surface area contributed by atoms with Crippen molar-refractivity contribution in [2.24, 2.45) is 0 Å². The van der Waals surface area contributed by atoms with Crippen LogP contribution >= 0.6 is 0 Å². The average molecular weight is 907 g/mol. The van der Waals surface area contributed by atoms with E-state index >= 15 is 19.2 Å². The van der Waals surface area contributed by atoms with Gasteiger partial charge in [-0.3, -0.25) is 19.2 Å². The minimum atomic E-state index is -0.0456. The lowest BCUT2D eigenvalue weighted by Crippen LogP contribution is -2.52. The van der Waals surface area contributed by atoms with E-state index in [1.54, 1.807) is 0 Å². The summed E-state index contributed by atoms with van der Waals surface area (Å²) in [6.07, 6.45) is 43.6. The van der Waals surface area contributed by atoms with Crippen molar-refractivity contribution in [3.05, 3.63) is 34.4 Å². The molecule has 0 unspecified atom stereocenters. The summed E-state index contributed by atoms with van der Waals surface area (Å²) in [5.74, 6) is -0.182. The van der Waals surface area contributed by atoms with Gasteiger partial charge in [-0.2, -0.15) is 0 Å². The number of amides is 4. The Morgan fingerprint density at radius 1 is 0.227 bits per heavy atom. The zero-order chi connectivity index (χ0) is 45.2. The number of rotatable bonds is 12. The van der Waals surface area contributed by atoms with Gasteiger partial charge in [0, 0.05) is 48.3 Å². The Morgan fingerprint density at radius 2 is 0.348 bits per heavy atom. The third-order valence-electron chi connectivity index (χ3n) is 18.8. The number of carbonyl (C=O) groups excluding carboxylic acids is 4. The fourth-order valence-electron chi connectivity index (χ4n) is 15.3. The highest BCUT2D eigenvalue weighted by molar-refractivity contribution is 6.14. The summed E-state index contributed by atoms with van der Waals surface area (Å²) in [7, 11) is 0. The largest absolute Gasteiger partial charge is 0.333 e. The zero-order valence-corrected chi connectivity index (χ0v) is 41.5. The first-order valence-electron chi connectivity index (χ1n) is 29.0. The topological polar surface area (TPSA) is 81.2 Å². The summed E-state index contributed by atoms with van der Waals surface area (Å²) in [5.41, 5.74) is 1.67. The van der Waals surface area contributed by atoms with Crippen LogP contribution in [0, 0.1) is 0 Å². The van der Waals surface area contributed by atoms with Crippen molar-refractivity contribution >= 4 is 23.6 Å². The Morgan fingerprint density at radius 3 is 0.470 bits per heavy atom. The molecule has 0 aromatic heterocycles. The summed E-state index contributed by atoms with van der Waals surface area (Å²) < 4.78 is 0. The lowest BCUT2D eigenvalue weighted by Gasteiger charge is -2.44. The first-order chi connectivity index (χ1) is 32.5. The highest BCUT2D eigenvalue weighted by atomic mass is 16.2. The summed E-state index contributed by atoms with van der Waals surface area (Å²) in [6.45, 7) is 0. The number of hydrogen-bond donors (Lipinski definition) is 0. The molecule has 0 N–H and O–H groups in total. The number of benzene rings is 1. The van der Waals surface area contributed by atoms with Crippen molar-refractivity contribution in [3.63, 3.8) is 0 Å². The maximum atomic E-state index is 16.2. The summed E-state index contributed by atoms with van der Waals surface area (Å²) >= 11 is 0. The average Bonchev–Trinajstić information content (AvgIpc) is 3.39. The van der Waals surface area contributed by atoms with Crippen LogP contribution in [0.2, 0.25) is 0 Å². The SMILES string of the molecule is O=C(c1cc(C(=O)N(C2CCCCC2)C2CCCCC2)c(C(=O)N(C2CCCCC2)C2CCCCC2)cc1C(=O)N(C1CCCCC1)C1CCCCC1)N(C1CCCCC1)C1CCCCC1. The van der Waals surface area contributed by atoms with Gasteiger partial charge in [-0.15, -0.1) is 0 Å². The van der Waals surface area contributed by atoms with Crippen LogP contribution in [-0.4, -0.2) is 91.6 Å². The molecule has 8 aliphatic carbocycles. The molecule has 0 bridgehead atoms. The molecule has 8 fully saturated rings. The first kappa shape index (κ1) is 48.1. The minimum absolute atomic E-state index is 0.0456. The standard InChI is InChI=1S/C58H90N4O4/c63-55(59(43-25-9-1-10-26-43)44-27-11-2-12-28-44)51-41-53(57(65)61(47-33-17-5-18-34-47)48-35-19-6-20-36-48)54(58(66)62(49-37-21-7-22-38-49)50-39-23-8-24-40-50)42-52(51)56(64)60(45-29-13-3-14-30-45)46-31-15-4-16-32-46/h41-50H,1-40H2. The van der Waals surface area contributed by atoms with Crippen LogP contribution < -0.4 is 0 Å². The summed E-state index contributed by atoms with van der Waals surface area (Å²) in [6, 6.07) is 4.92. The van der Waals surface area contributed by atoms with Gasteiger partial charge in [0.25, 0.3) is 23.6 Å². The maximum Gasteiger partial charge on any atom is 0.255 e. The number of nitrogens with zero attached hydrogens (tertiary/aromatic N) is 4. The monoisotopic (exact) mass is 907 g/mol. The van der Waals surface area contributed by atoms with Crippen molar-refractivity contribution in [2.75, 3.05) is 0 Å². The van der Waals surface area contributed by atoms with Gasteiger partial charge in [-0.1, -0.05) is 154 Å². The summed E-state index contributed by atoms with van der Waals surface area (Å²) in [5, 5.41) is 0. The molecule has 8 nitrogen and oxygen atoms in total.